The average Bonchev–Trinajstić information content (AvgIpc) is 2.47. The van der Waals surface area contributed by atoms with Crippen molar-refractivity contribution in [3.63, 3.8) is 0 Å². The standard InChI is InChI=1S/C9H13N3O2/c1-12-4-2-3-6-9(12)11-7(10-6)5-8(13)14/h2-5H2,1H3,(H,10,11)(H,13,14). The summed E-state index contributed by atoms with van der Waals surface area (Å²) in [5.74, 6) is 0.613. The summed E-state index contributed by atoms with van der Waals surface area (Å²) in [5, 5.41) is 8.62. The predicted molar refractivity (Wildman–Crippen MR) is 51.5 cm³/mol. The molecule has 0 aliphatic carbocycles. The van der Waals surface area contributed by atoms with Gasteiger partial charge in [-0.05, 0) is 12.8 Å². The second-order valence-electron chi connectivity index (χ2n) is 3.58. The zero-order valence-electron chi connectivity index (χ0n) is 8.08. The monoisotopic (exact) mass is 195 g/mol. The van der Waals surface area contributed by atoms with Crippen LogP contribution in [-0.2, 0) is 17.6 Å². The van der Waals surface area contributed by atoms with E-state index in [4.69, 9.17) is 5.11 Å². The maximum absolute atomic E-state index is 10.5. The molecular formula is C9H13N3O2. The van der Waals surface area contributed by atoms with E-state index in [1.54, 1.807) is 0 Å². The Hall–Kier alpha value is -1.52. The SMILES string of the molecule is CN1CCCc2[nH]c(CC(=O)O)nc21. The molecule has 1 aliphatic rings. The molecule has 0 spiro atoms. The first-order valence-electron chi connectivity index (χ1n) is 4.67. The highest BCUT2D eigenvalue weighted by atomic mass is 16.4. The molecule has 0 radical (unpaired) electrons. The summed E-state index contributed by atoms with van der Waals surface area (Å²) in [4.78, 5) is 19.9. The summed E-state index contributed by atoms with van der Waals surface area (Å²) in [7, 11) is 1.98. The molecule has 2 heterocycles. The molecule has 1 aliphatic heterocycles. The zero-order chi connectivity index (χ0) is 10.1. The number of carboxylic acids is 1. The fourth-order valence-electron chi connectivity index (χ4n) is 1.77. The minimum Gasteiger partial charge on any atom is -0.481 e. The number of fused-ring (bicyclic) bond motifs is 1. The number of hydrogen-bond donors (Lipinski definition) is 2. The molecule has 0 unspecified atom stereocenters. The Morgan fingerprint density at radius 1 is 1.71 bits per heavy atom. The normalized spacial score (nSPS) is 15.4. The van der Waals surface area contributed by atoms with Crippen molar-refractivity contribution in [1.82, 2.24) is 9.97 Å². The minimum atomic E-state index is -0.848. The van der Waals surface area contributed by atoms with E-state index in [0.29, 0.717) is 5.82 Å². The van der Waals surface area contributed by atoms with Gasteiger partial charge in [0.15, 0.2) is 0 Å². The van der Waals surface area contributed by atoms with Crippen LogP contribution in [-0.4, -0.2) is 34.6 Å². The van der Waals surface area contributed by atoms with E-state index in [2.05, 4.69) is 14.9 Å². The summed E-state index contributed by atoms with van der Waals surface area (Å²) in [6, 6.07) is 0. The van der Waals surface area contributed by atoms with Crippen molar-refractivity contribution in [1.29, 1.82) is 0 Å². The topological polar surface area (TPSA) is 69.2 Å². The molecule has 2 rings (SSSR count). The van der Waals surface area contributed by atoms with E-state index in [9.17, 15) is 4.79 Å². The van der Waals surface area contributed by atoms with E-state index in [-0.39, 0.29) is 6.42 Å². The largest absolute Gasteiger partial charge is 0.481 e. The molecular weight excluding hydrogens is 182 g/mol. The van der Waals surface area contributed by atoms with Gasteiger partial charge < -0.3 is 15.0 Å². The number of carbonyl (C=O) groups is 1. The van der Waals surface area contributed by atoms with Crippen LogP contribution in [0, 0.1) is 0 Å². The fraction of sp³-hybridized carbons (Fsp3) is 0.556. The van der Waals surface area contributed by atoms with Gasteiger partial charge in [-0.3, -0.25) is 4.79 Å². The third kappa shape index (κ3) is 1.57. The summed E-state index contributed by atoms with van der Waals surface area (Å²) >= 11 is 0. The number of rotatable bonds is 2. The van der Waals surface area contributed by atoms with Gasteiger partial charge in [-0.2, -0.15) is 0 Å². The van der Waals surface area contributed by atoms with E-state index < -0.39 is 5.97 Å². The number of nitrogens with one attached hydrogen (secondary N) is 1. The maximum Gasteiger partial charge on any atom is 0.311 e. The van der Waals surface area contributed by atoms with E-state index in [0.717, 1.165) is 30.9 Å². The number of aliphatic carboxylic acids is 1. The third-order valence-electron chi connectivity index (χ3n) is 2.41. The smallest absolute Gasteiger partial charge is 0.311 e. The number of aromatic nitrogens is 2. The Bertz CT molecular complexity index is 359. The lowest BCUT2D eigenvalue weighted by Gasteiger charge is -2.22. The van der Waals surface area contributed by atoms with Crippen molar-refractivity contribution in [3.8, 4) is 0 Å². The second-order valence-corrected chi connectivity index (χ2v) is 3.58. The number of aryl methyl sites for hydroxylation is 1. The van der Waals surface area contributed by atoms with Crippen LogP contribution in [0.1, 0.15) is 17.9 Å². The maximum atomic E-state index is 10.5. The van der Waals surface area contributed by atoms with Gasteiger partial charge in [0.25, 0.3) is 0 Å². The summed E-state index contributed by atoms with van der Waals surface area (Å²) in [6.07, 6.45) is 2.03. The number of hydrogen-bond acceptors (Lipinski definition) is 3. The van der Waals surface area contributed by atoms with Crippen LogP contribution < -0.4 is 4.90 Å². The molecule has 76 valence electrons. The lowest BCUT2D eigenvalue weighted by atomic mass is 10.1. The van der Waals surface area contributed by atoms with Crippen molar-refractivity contribution in [3.05, 3.63) is 11.5 Å². The quantitative estimate of drug-likeness (QED) is 0.717. The Morgan fingerprint density at radius 3 is 3.14 bits per heavy atom. The molecule has 0 fully saturated rings. The molecule has 14 heavy (non-hydrogen) atoms. The van der Waals surface area contributed by atoms with Crippen molar-refractivity contribution in [2.24, 2.45) is 0 Å². The Labute approximate surface area is 81.8 Å². The van der Waals surface area contributed by atoms with Gasteiger partial charge in [0.2, 0.25) is 0 Å². The van der Waals surface area contributed by atoms with Gasteiger partial charge in [0.05, 0.1) is 5.69 Å². The van der Waals surface area contributed by atoms with Crippen LogP contribution in [0.3, 0.4) is 0 Å². The van der Waals surface area contributed by atoms with E-state index >= 15 is 0 Å². The molecule has 1 aromatic rings. The molecule has 2 N–H and O–H groups in total. The van der Waals surface area contributed by atoms with Crippen LogP contribution >= 0.6 is 0 Å². The van der Waals surface area contributed by atoms with Gasteiger partial charge in [-0.25, -0.2) is 4.98 Å². The van der Waals surface area contributed by atoms with Crippen molar-refractivity contribution in [2.75, 3.05) is 18.5 Å². The Morgan fingerprint density at radius 2 is 2.50 bits per heavy atom. The second kappa shape index (κ2) is 3.32. The first-order valence-corrected chi connectivity index (χ1v) is 4.67. The first kappa shape index (κ1) is 9.05. The van der Waals surface area contributed by atoms with Crippen LogP contribution in [0.25, 0.3) is 0 Å². The van der Waals surface area contributed by atoms with Gasteiger partial charge in [-0.15, -0.1) is 0 Å². The molecule has 0 amide bonds. The van der Waals surface area contributed by atoms with Crippen LogP contribution in [0.2, 0.25) is 0 Å². The first-order chi connectivity index (χ1) is 6.66. The van der Waals surface area contributed by atoms with Gasteiger partial charge >= 0.3 is 5.97 Å². The van der Waals surface area contributed by atoms with Crippen molar-refractivity contribution < 1.29 is 9.90 Å². The third-order valence-corrected chi connectivity index (χ3v) is 2.41. The van der Waals surface area contributed by atoms with Gasteiger partial charge in [0, 0.05) is 13.6 Å². The van der Waals surface area contributed by atoms with Gasteiger partial charge in [0.1, 0.15) is 18.1 Å². The number of aromatic amines is 1. The van der Waals surface area contributed by atoms with E-state index in [1.807, 2.05) is 7.05 Å². The zero-order valence-corrected chi connectivity index (χ0v) is 8.08. The van der Waals surface area contributed by atoms with Crippen molar-refractivity contribution >= 4 is 11.8 Å². The summed E-state index contributed by atoms with van der Waals surface area (Å²) in [6.45, 7) is 0.990. The van der Waals surface area contributed by atoms with Crippen LogP contribution in [0.4, 0.5) is 5.82 Å². The molecule has 0 saturated carbocycles. The predicted octanol–water partition coefficient (Wildman–Crippen LogP) is 0.419. The molecule has 0 aromatic carbocycles. The van der Waals surface area contributed by atoms with Crippen LogP contribution in [0.5, 0.6) is 0 Å². The fourth-order valence-corrected chi connectivity index (χ4v) is 1.77. The average molecular weight is 195 g/mol. The lowest BCUT2D eigenvalue weighted by molar-refractivity contribution is -0.136. The Balaban J connectivity index is 2.26. The van der Waals surface area contributed by atoms with E-state index in [1.165, 1.54) is 0 Å². The van der Waals surface area contributed by atoms with Crippen molar-refractivity contribution in [2.45, 2.75) is 19.3 Å². The Kier molecular flexibility index (Phi) is 2.15. The number of anilines is 1. The highest BCUT2D eigenvalue weighted by Crippen LogP contribution is 2.23. The van der Waals surface area contributed by atoms with Crippen LogP contribution in [0.15, 0.2) is 0 Å². The molecule has 0 atom stereocenters. The minimum absolute atomic E-state index is 0.0269. The number of nitrogens with zero attached hydrogens (tertiary/aromatic N) is 2. The molecule has 5 heteroatoms. The number of H-pyrrole nitrogens is 1. The number of carboxylic acid groups (broad SMARTS) is 1. The molecule has 1 aromatic heterocycles. The molecule has 0 bridgehead atoms. The molecule has 0 saturated heterocycles. The summed E-state index contributed by atoms with van der Waals surface area (Å²) in [5.41, 5.74) is 1.06. The molecule has 5 nitrogen and oxygen atoms in total. The lowest BCUT2D eigenvalue weighted by Crippen LogP contribution is -2.24. The summed E-state index contributed by atoms with van der Waals surface area (Å²) < 4.78 is 0. The highest BCUT2D eigenvalue weighted by Gasteiger charge is 2.18. The van der Waals surface area contributed by atoms with Gasteiger partial charge in [-0.1, -0.05) is 0 Å². The number of imidazole rings is 1. The highest BCUT2D eigenvalue weighted by molar-refractivity contribution is 5.69.